The maximum absolute atomic E-state index is 5.15. The second kappa shape index (κ2) is 9.10. The molecular formula is C30H23N3S2. The van der Waals surface area contributed by atoms with Gasteiger partial charge in [0.2, 0.25) is 0 Å². The maximum Gasteiger partial charge on any atom is 0.163 e. The van der Waals surface area contributed by atoms with Crippen LogP contribution in [0.15, 0.2) is 107 Å². The maximum atomic E-state index is 5.15. The molecule has 5 aromatic rings. The van der Waals surface area contributed by atoms with Crippen LogP contribution in [0.3, 0.4) is 0 Å². The first-order valence-electron chi connectivity index (χ1n) is 11.5. The van der Waals surface area contributed by atoms with E-state index < -0.39 is 0 Å². The number of amidine groups is 1. The van der Waals surface area contributed by atoms with Gasteiger partial charge in [-0.15, -0.1) is 22.7 Å². The van der Waals surface area contributed by atoms with Gasteiger partial charge in [0, 0.05) is 41.9 Å². The predicted octanol–water partition coefficient (Wildman–Crippen LogP) is 8.71. The number of rotatable bonds is 5. The molecule has 1 N–H and O–H groups in total. The van der Waals surface area contributed by atoms with Crippen LogP contribution in [0.25, 0.3) is 27.3 Å². The monoisotopic (exact) mass is 489 g/mol. The largest absolute Gasteiger partial charge is 0.339 e. The predicted molar refractivity (Wildman–Crippen MR) is 151 cm³/mol. The van der Waals surface area contributed by atoms with Crippen LogP contribution in [0, 0.1) is 13.8 Å². The fourth-order valence-electron chi connectivity index (χ4n) is 4.19. The summed E-state index contributed by atoms with van der Waals surface area (Å²) in [6.07, 6.45) is 2.16. The van der Waals surface area contributed by atoms with Crippen LogP contribution in [0.1, 0.15) is 20.2 Å². The number of H-pyrrole nitrogens is 1. The SMILES string of the molecule is Cc1ccc(C2=CC(c3ccccc3)=NC2=Nc2[nH]c(-c3ccccc3)cc2-c2ccc(C)s2)s1. The number of aromatic nitrogens is 1. The number of aryl methyl sites for hydroxylation is 2. The minimum absolute atomic E-state index is 0.738. The van der Waals surface area contributed by atoms with Gasteiger partial charge in [-0.05, 0) is 55.8 Å². The number of benzene rings is 2. The fourth-order valence-corrected chi connectivity index (χ4v) is 5.95. The van der Waals surface area contributed by atoms with Gasteiger partial charge in [0.15, 0.2) is 5.84 Å². The highest BCUT2D eigenvalue weighted by molar-refractivity contribution is 7.15. The molecule has 0 spiro atoms. The van der Waals surface area contributed by atoms with Crippen molar-refractivity contribution in [1.82, 2.24) is 4.98 Å². The van der Waals surface area contributed by atoms with Crippen molar-refractivity contribution in [3.05, 3.63) is 117 Å². The molecule has 1 aliphatic rings. The van der Waals surface area contributed by atoms with Crippen LogP contribution in [0.2, 0.25) is 0 Å². The van der Waals surface area contributed by atoms with Crippen LogP contribution >= 0.6 is 22.7 Å². The zero-order chi connectivity index (χ0) is 23.8. The summed E-state index contributed by atoms with van der Waals surface area (Å²) in [5.41, 5.74) is 6.38. The number of aliphatic imine (C=N–C) groups is 2. The van der Waals surface area contributed by atoms with Crippen LogP contribution < -0.4 is 0 Å². The third-order valence-corrected chi connectivity index (χ3v) is 8.00. The smallest absolute Gasteiger partial charge is 0.163 e. The first kappa shape index (κ1) is 21.7. The lowest BCUT2D eigenvalue weighted by Gasteiger charge is -2.02. The molecule has 35 heavy (non-hydrogen) atoms. The molecule has 3 nitrogen and oxygen atoms in total. The number of aromatic amines is 1. The third-order valence-electron chi connectivity index (χ3n) is 5.93. The van der Waals surface area contributed by atoms with Gasteiger partial charge in [0.1, 0.15) is 5.82 Å². The summed E-state index contributed by atoms with van der Waals surface area (Å²) in [5.74, 6) is 1.57. The van der Waals surface area contributed by atoms with E-state index in [2.05, 4.69) is 91.6 Å². The topological polar surface area (TPSA) is 40.5 Å². The van der Waals surface area contributed by atoms with E-state index in [0.717, 1.165) is 45.3 Å². The van der Waals surface area contributed by atoms with Gasteiger partial charge >= 0.3 is 0 Å². The molecule has 6 rings (SSSR count). The lowest BCUT2D eigenvalue weighted by Crippen LogP contribution is -1.94. The van der Waals surface area contributed by atoms with Crippen molar-refractivity contribution in [3.63, 3.8) is 0 Å². The molecule has 1 aliphatic heterocycles. The Hall–Kier alpha value is -3.80. The van der Waals surface area contributed by atoms with Gasteiger partial charge in [-0.1, -0.05) is 60.7 Å². The average molecular weight is 490 g/mol. The lowest BCUT2D eigenvalue weighted by molar-refractivity contribution is 1.33. The number of nitrogens with one attached hydrogen (secondary N) is 1. The van der Waals surface area contributed by atoms with E-state index in [0.29, 0.717) is 0 Å². The second-order valence-electron chi connectivity index (χ2n) is 8.49. The summed E-state index contributed by atoms with van der Waals surface area (Å²) in [4.78, 5) is 18.7. The molecule has 4 heterocycles. The molecular weight excluding hydrogens is 466 g/mol. The molecule has 0 fully saturated rings. The fraction of sp³-hybridized carbons (Fsp3) is 0.0667. The number of thiophene rings is 2. The summed E-state index contributed by atoms with van der Waals surface area (Å²) in [6, 6.07) is 31.6. The quantitative estimate of drug-likeness (QED) is 0.256. The van der Waals surface area contributed by atoms with Crippen molar-refractivity contribution < 1.29 is 0 Å². The van der Waals surface area contributed by atoms with Crippen LogP contribution in [-0.2, 0) is 0 Å². The Bertz CT molecular complexity index is 1600. The van der Waals surface area contributed by atoms with Gasteiger partial charge in [-0.3, -0.25) is 0 Å². The number of allylic oxidation sites excluding steroid dienone is 1. The van der Waals surface area contributed by atoms with E-state index in [4.69, 9.17) is 9.98 Å². The van der Waals surface area contributed by atoms with E-state index >= 15 is 0 Å². The molecule has 0 saturated carbocycles. The van der Waals surface area contributed by atoms with Gasteiger partial charge in [-0.2, -0.15) is 0 Å². The zero-order valence-corrected chi connectivity index (χ0v) is 21.1. The highest BCUT2D eigenvalue weighted by atomic mass is 32.1. The Morgan fingerprint density at radius 1 is 0.714 bits per heavy atom. The Kier molecular flexibility index (Phi) is 5.64. The standard InChI is InChI=1S/C30H23N3S2/c1-19-13-15-27(34-19)23-17-25(21-9-5-3-6-10-21)31-29(23)33-30-24(28-16-14-20(2)35-28)18-26(32-30)22-11-7-4-8-12-22/h3-18,31H,1-2H3. The van der Waals surface area contributed by atoms with Crippen molar-refractivity contribution in [1.29, 1.82) is 0 Å². The molecule has 0 aliphatic carbocycles. The normalized spacial score (nSPS) is 14.4. The van der Waals surface area contributed by atoms with Crippen LogP contribution in [0.5, 0.6) is 0 Å². The van der Waals surface area contributed by atoms with E-state index in [1.54, 1.807) is 22.7 Å². The molecule has 0 radical (unpaired) electrons. The highest BCUT2D eigenvalue weighted by Gasteiger charge is 2.22. The Morgan fingerprint density at radius 3 is 1.97 bits per heavy atom. The van der Waals surface area contributed by atoms with Gasteiger partial charge in [0.05, 0.1) is 5.71 Å². The Morgan fingerprint density at radius 2 is 1.34 bits per heavy atom. The van der Waals surface area contributed by atoms with Gasteiger partial charge in [-0.25, -0.2) is 9.98 Å². The highest BCUT2D eigenvalue weighted by Crippen LogP contribution is 2.40. The van der Waals surface area contributed by atoms with Crippen molar-refractivity contribution in [2.75, 3.05) is 0 Å². The first-order chi connectivity index (χ1) is 17.1. The molecule has 0 saturated heterocycles. The molecule has 3 aromatic heterocycles. The van der Waals surface area contributed by atoms with Gasteiger partial charge in [0.25, 0.3) is 0 Å². The molecule has 0 unspecified atom stereocenters. The average Bonchev–Trinajstić information content (AvgIpc) is 3.67. The van der Waals surface area contributed by atoms with Crippen LogP contribution in [-0.4, -0.2) is 16.5 Å². The van der Waals surface area contributed by atoms with E-state index in [-0.39, 0.29) is 0 Å². The van der Waals surface area contributed by atoms with Crippen molar-refractivity contribution in [3.8, 4) is 21.7 Å². The molecule has 2 aromatic carbocycles. The number of hydrogen-bond donors (Lipinski definition) is 1. The Labute approximate surface area is 212 Å². The van der Waals surface area contributed by atoms with Crippen molar-refractivity contribution in [2.24, 2.45) is 9.98 Å². The number of hydrogen-bond acceptors (Lipinski definition) is 3. The third kappa shape index (κ3) is 4.36. The summed E-state index contributed by atoms with van der Waals surface area (Å²) in [7, 11) is 0. The van der Waals surface area contributed by atoms with Gasteiger partial charge < -0.3 is 4.98 Å². The number of nitrogens with zero attached hydrogens (tertiary/aromatic N) is 2. The first-order valence-corrected chi connectivity index (χ1v) is 13.1. The second-order valence-corrected chi connectivity index (χ2v) is 11.1. The molecule has 0 amide bonds. The van der Waals surface area contributed by atoms with Crippen molar-refractivity contribution >= 4 is 45.6 Å². The summed E-state index contributed by atoms with van der Waals surface area (Å²) < 4.78 is 0. The Balaban J connectivity index is 1.51. The molecule has 5 heteroatoms. The summed E-state index contributed by atoms with van der Waals surface area (Å²) in [5, 5.41) is 0. The molecule has 0 bridgehead atoms. The zero-order valence-electron chi connectivity index (χ0n) is 19.4. The van der Waals surface area contributed by atoms with E-state index in [9.17, 15) is 0 Å². The summed E-state index contributed by atoms with van der Waals surface area (Å²) >= 11 is 3.55. The van der Waals surface area contributed by atoms with E-state index in [1.165, 1.54) is 19.5 Å². The van der Waals surface area contributed by atoms with Crippen LogP contribution in [0.4, 0.5) is 5.82 Å². The molecule has 0 atom stereocenters. The lowest BCUT2D eigenvalue weighted by atomic mass is 10.1. The van der Waals surface area contributed by atoms with Crippen molar-refractivity contribution in [2.45, 2.75) is 13.8 Å². The minimum atomic E-state index is 0.738. The summed E-state index contributed by atoms with van der Waals surface area (Å²) in [6.45, 7) is 4.27. The van der Waals surface area contributed by atoms with E-state index in [1.807, 2.05) is 24.3 Å². The minimum Gasteiger partial charge on any atom is -0.339 e. The molecule has 170 valence electrons.